The van der Waals surface area contributed by atoms with E-state index >= 15 is 0 Å². The van der Waals surface area contributed by atoms with Crippen LogP contribution in [0.5, 0.6) is 11.5 Å². The molecule has 28 heavy (non-hydrogen) atoms. The van der Waals surface area contributed by atoms with Gasteiger partial charge in [-0.1, -0.05) is 31.5 Å². The number of benzene rings is 2. The summed E-state index contributed by atoms with van der Waals surface area (Å²) in [6.45, 7) is 2.40. The first-order chi connectivity index (χ1) is 13.6. The molecule has 1 heterocycles. The Morgan fingerprint density at radius 2 is 1.89 bits per heavy atom. The second kappa shape index (κ2) is 9.75. The van der Waals surface area contributed by atoms with Crippen molar-refractivity contribution >= 4 is 35.0 Å². The second-order valence-corrected chi connectivity index (χ2v) is 6.72. The van der Waals surface area contributed by atoms with Crippen LogP contribution < -0.4 is 25.6 Å². The Morgan fingerprint density at radius 1 is 1.11 bits per heavy atom. The number of carbonyl (C=O) groups excluding carboxylic acids is 1. The number of nitrogens with one attached hydrogen (secondary N) is 3. The van der Waals surface area contributed by atoms with Gasteiger partial charge in [-0.2, -0.15) is 0 Å². The van der Waals surface area contributed by atoms with Crippen molar-refractivity contribution in [1.82, 2.24) is 10.9 Å². The van der Waals surface area contributed by atoms with Crippen LogP contribution in [0.25, 0.3) is 6.08 Å². The van der Waals surface area contributed by atoms with Gasteiger partial charge in [-0.25, -0.2) is 0 Å². The van der Waals surface area contributed by atoms with E-state index in [9.17, 15) is 4.79 Å². The van der Waals surface area contributed by atoms with Crippen molar-refractivity contribution in [2.45, 2.75) is 26.2 Å². The van der Waals surface area contributed by atoms with Gasteiger partial charge in [-0.3, -0.25) is 15.6 Å². The van der Waals surface area contributed by atoms with Crippen molar-refractivity contribution in [2.75, 3.05) is 12.1 Å². The fraction of sp³-hybridized carbons (Fsp3) is 0.238. The van der Waals surface area contributed by atoms with E-state index in [-0.39, 0.29) is 12.7 Å². The Balaban J connectivity index is 1.43. The number of hydrogen-bond donors (Lipinski definition) is 3. The molecule has 1 amide bonds. The van der Waals surface area contributed by atoms with E-state index in [4.69, 9.17) is 21.7 Å². The summed E-state index contributed by atoms with van der Waals surface area (Å²) in [6, 6.07) is 13.6. The lowest BCUT2D eigenvalue weighted by molar-refractivity contribution is -0.116. The highest BCUT2D eigenvalue weighted by Crippen LogP contribution is 2.32. The monoisotopic (exact) mass is 397 g/mol. The molecular formula is C21H23N3O3S. The molecule has 0 unspecified atom stereocenters. The molecule has 0 radical (unpaired) electrons. The maximum Gasteiger partial charge on any atom is 0.262 e. The second-order valence-electron chi connectivity index (χ2n) is 6.31. The number of thiocarbonyl (C=S) groups is 1. The van der Waals surface area contributed by atoms with Crippen molar-refractivity contribution in [3.8, 4) is 11.5 Å². The van der Waals surface area contributed by atoms with Gasteiger partial charge in [0.05, 0.1) is 0 Å². The van der Waals surface area contributed by atoms with Crippen molar-refractivity contribution < 1.29 is 14.3 Å². The lowest BCUT2D eigenvalue weighted by atomic mass is 10.1. The van der Waals surface area contributed by atoms with E-state index in [1.807, 2.05) is 30.3 Å². The third-order valence-electron chi connectivity index (χ3n) is 4.15. The summed E-state index contributed by atoms with van der Waals surface area (Å²) in [6.07, 6.45) is 6.53. The largest absolute Gasteiger partial charge is 0.454 e. The number of aryl methyl sites for hydroxylation is 1. The third-order valence-corrected chi connectivity index (χ3v) is 4.36. The molecule has 0 saturated heterocycles. The van der Waals surface area contributed by atoms with Gasteiger partial charge in [0.2, 0.25) is 6.79 Å². The summed E-state index contributed by atoms with van der Waals surface area (Å²) in [5.41, 5.74) is 8.21. The zero-order chi connectivity index (χ0) is 19.8. The Kier molecular flexibility index (Phi) is 6.86. The summed E-state index contributed by atoms with van der Waals surface area (Å²) in [5.74, 6) is 1.06. The number of ether oxygens (including phenoxy) is 2. The highest BCUT2D eigenvalue weighted by molar-refractivity contribution is 7.80. The molecule has 1 aliphatic rings. The highest BCUT2D eigenvalue weighted by atomic mass is 32.1. The first kappa shape index (κ1) is 19.7. The van der Waals surface area contributed by atoms with Crippen LogP contribution in [-0.2, 0) is 11.2 Å². The van der Waals surface area contributed by atoms with Gasteiger partial charge in [-0.05, 0) is 66.5 Å². The molecule has 3 N–H and O–H groups in total. The predicted octanol–water partition coefficient (Wildman–Crippen LogP) is 3.79. The standard InChI is InChI=1S/C21H23N3O3S/c1-2-3-4-15-5-9-17(10-6-15)22-21(28)24-23-20(25)12-8-16-7-11-18-19(13-16)27-14-26-18/h5-13H,2-4,14H2,1H3,(H,23,25)(H2,22,24,28)/b12-8+. The van der Waals surface area contributed by atoms with Crippen molar-refractivity contribution in [3.05, 3.63) is 59.7 Å². The molecule has 0 spiro atoms. The van der Waals surface area contributed by atoms with Crippen LogP contribution in [0.3, 0.4) is 0 Å². The van der Waals surface area contributed by atoms with Crippen LogP contribution in [-0.4, -0.2) is 17.8 Å². The van der Waals surface area contributed by atoms with E-state index in [1.54, 1.807) is 6.08 Å². The van der Waals surface area contributed by atoms with Gasteiger partial charge in [0.1, 0.15) is 0 Å². The quantitative estimate of drug-likeness (QED) is 0.391. The van der Waals surface area contributed by atoms with Crippen LogP contribution in [0.15, 0.2) is 48.5 Å². The molecule has 2 aromatic carbocycles. The molecule has 3 rings (SSSR count). The van der Waals surface area contributed by atoms with Gasteiger partial charge in [0.15, 0.2) is 16.6 Å². The summed E-state index contributed by atoms with van der Waals surface area (Å²) >= 11 is 5.20. The molecule has 0 bridgehead atoms. The van der Waals surface area contributed by atoms with E-state index in [0.717, 1.165) is 17.7 Å². The molecule has 6 nitrogen and oxygen atoms in total. The van der Waals surface area contributed by atoms with Crippen LogP contribution in [0, 0.1) is 0 Å². The lowest BCUT2D eigenvalue weighted by Gasteiger charge is -2.11. The van der Waals surface area contributed by atoms with Crippen LogP contribution in [0.4, 0.5) is 5.69 Å². The number of anilines is 1. The Hall–Kier alpha value is -3.06. The van der Waals surface area contributed by atoms with Gasteiger partial charge >= 0.3 is 0 Å². The van der Waals surface area contributed by atoms with Gasteiger partial charge < -0.3 is 14.8 Å². The maximum absolute atomic E-state index is 11.9. The SMILES string of the molecule is CCCCc1ccc(NC(=S)NNC(=O)/C=C/c2ccc3c(c2)OCO3)cc1. The molecule has 146 valence electrons. The zero-order valence-corrected chi connectivity index (χ0v) is 16.5. The van der Waals surface area contributed by atoms with Gasteiger partial charge in [0.25, 0.3) is 5.91 Å². The Bertz CT molecular complexity index is 866. The van der Waals surface area contributed by atoms with Gasteiger partial charge in [-0.15, -0.1) is 0 Å². The first-order valence-corrected chi connectivity index (χ1v) is 9.58. The minimum Gasteiger partial charge on any atom is -0.454 e. The maximum atomic E-state index is 11.9. The minimum absolute atomic E-state index is 0.221. The predicted molar refractivity (Wildman–Crippen MR) is 114 cm³/mol. The van der Waals surface area contributed by atoms with E-state index in [0.29, 0.717) is 16.6 Å². The molecule has 0 saturated carbocycles. The Labute approximate surface area is 169 Å². The molecule has 1 aliphatic heterocycles. The van der Waals surface area contributed by atoms with Crippen molar-refractivity contribution in [1.29, 1.82) is 0 Å². The normalized spacial score (nSPS) is 12.0. The van der Waals surface area contributed by atoms with E-state index in [1.165, 1.54) is 24.5 Å². The topological polar surface area (TPSA) is 71.6 Å². The molecule has 7 heteroatoms. The van der Waals surface area contributed by atoms with Crippen LogP contribution >= 0.6 is 12.2 Å². The number of carbonyl (C=O) groups is 1. The molecule has 0 aromatic heterocycles. The summed E-state index contributed by atoms with van der Waals surface area (Å²) in [4.78, 5) is 11.9. The van der Waals surface area contributed by atoms with Crippen molar-refractivity contribution in [3.63, 3.8) is 0 Å². The smallest absolute Gasteiger partial charge is 0.262 e. The summed E-state index contributed by atoms with van der Waals surface area (Å²) in [5, 5.41) is 3.34. The highest BCUT2D eigenvalue weighted by Gasteiger charge is 2.12. The lowest BCUT2D eigenvalue weighted by Crippen LogP contribution is -2.43. The molecular weight excluding hydrogens is 374 g/mol. The average molecular weight is 398 g/mol. The van der Waals surface area contributed by atoms with Crippen LogP contribution in [0.1, 0.15) is 30.9 Å². The van der Waals surface area contributed by atoms with Crippen LogP contribution in [0.2, 0.25) is 0 Å². The first-order valence-electron chi connectivity index (χ1n) is 9.17. The minimum atomic E-state index is -0.322. The summed E-state index contributed by atoms with van der Waals surface area (Å²) < 4.78 is 10.6. The fourth-order valence-electron chi connectivity index (χ4n) is 2.65. The molecule has 0 fully saturated rings. The van der Waals surface area contributed by atoms with Crippen molar-refractivity contribution in [2.24, 2.45) is 0 Å². The molecule has 0 aliphatic carbocycles. The average Bonchev–Trinajstić information content (AvgIpc) is 3.18. The van der Waals surface area contributed by atoms with Gasteiger partial charge in [0, 0.05) is 11.8 Å². The third kappa shape index (κ3) is 5.72. The van der Waals surface area contributed by atoms with E-state index < -0.39 is 0 Å². The summed E-state index contributed by atoms with van der Waals surface area (Å²) in [7, 11) is 0. The number of hydrazine groups is 1. The number of hydrogen-bond acceptors (Lipinski definition) is 4. The number of fused-ring (bicyclic) bond motifs is 1. The molecule has 0 atom stereocenters. The number of rotatable bonds is 6. The fourth-order valence-corrected chi connectivity index (χ4v) is 2.82. The molecule has 2 aromatic rings. The van der Waals surface area contributed by atoms with E-state index in [2.05, 4.69) is 35.2 Å². The zero-order valence-electron chi connectivity index (χ0n) is 15.7. The Morgan fingerprint density at radius 3 is 2.68 bits per heavy atom. The number of amides is 1. The number of unbranched alkanes of at least 4 members (excludes halogenated alkanes) is 1.